The molecule has 0 aliphatic carbocycles. The third-order valence-electron chi connectivity index (χ3n) is 3.03. The molecule has 2 atom stereocenters. The van der Waals surface area contributed by atoms with Gasteiger partial charge in [0, 0.05) is 0 Å². The summed E-state index contributed by atoms with van der Waals surface area (Å²) in [6.07, 6.45) is 1.28. The molecule has 0 fully saturated rings. The fraction of sp³-hybridized carbons (Fsp3) is 0.538. The molecule has 1 heterocycles. The SMILES string of the molecule is CNCCC1Oc2ccc(C)cc2NC1C. The van der Waals surface area contributed by atoms with Gasteiger partial charge in [-0.1, -0.05) is 6.07 Å². The van der Waals surface area contributed by atoms with E-state index < -0.39 is 0 Å². The molecule has 0 spiro atoms. The molecule has 0 bridgehead atoms. The first kappa shape index (κ1) is 11.3. The lowest BCUT2D eigenvalue weighted by molar-refractivity contribution is 0.165. The van der Waals surface area contributed by atoms with E-state index in [0.717, 1.165) is 24.4 Å². The second kappa shape index (κ2) is 4.74. The Morgan fingerprint density at radius 2 is 2.25 bits per heavy atom. The maximum atomic E-state index is 6.00. The van der Waals surface area contributed by atoms with Crippen molar-refractivity contribution < 1.29 is 4.74 Å². The average molecular weight is 220 g/mol. The van der Waals surface area contributed by atoms with Gasteiger partial charge in [-0.25, -0.2) is 0 Å². The zero-order valence-corrected chi connectivity index (χ0v) is 10.2. The third-order valence-corrected chi connectivity index (χ3v) is 3.03. The summed E-state index contributed by atoms with van der Waals surface area (Å²) in [6.45, 7) is 5.25. The normalized spacial score (nSPS) is 23.2. The van der Waals surface area contributed by atoms with Crippen LogP contribution in [0.2, 0.25) is 0 Å². The topological polar surface area (TPSA) is 33.3 Å². The zero-order chi connectivity index (χ0) is 11.5. The van der Waals surface area contributed by atoms with Crippen molar-refractivity contribution in [2.75, 3.05) is 18.9 Å². The van der Waals surface area contributed by atoms with Crippen molar-refractivity contribution in [2.45, 2.75) is 32.4 Å². The lowest BCUT2D eigenvalue weighted by Crippen LogP contribution is -2.40. The van der Waals surface area contributed by atoms with Crippen LogP contribution in [0.3, 0.4) is 0 Å². The second-order valence-corrected chi connectivity index (χ2v) is 4.48. The molecular formula is C13H20N2O. The van der Waals surface area contributed by atoms with Gasteiger partial charge in [0.25, 0.3) is 0 Å². The molecule has 1 aromatic rings. The highest BCUT2D eigenvalue weighted by Crippen LogP contribution is 2.32. The van der Waals surface area contributed by atoms with Crippen molar-refractivity contribution in [3.05, 3.63) is 23.8 Å². The maximum Gasteiger partial charge on any atom is 0.142 e. The van der Waals surface area contributed by atoms with E-state index in [2.05, 4.69) is 42.7 Å². The monoisotopic (exact) mass is 220 g/mol. The molecule has 2 N–H and O–H groups in total. The van der Waals surface area contributed by atoms with Crippen LogP contribution in [0.4, 0.5) is 5.69 Å². The molecular weight excluding hydrogens is 200 g/mol. The zero-order valence-electron chi connectivity index (χ0n) is 10.2. The molecule has 1 aromatic carbocycles. The number of fused-ring (bicyclic) bond motifs is 1. The number of hydrogen-bond acceptors (Lipinski definition) is 3. The van der Waals surface area contributed by atoms with Crippen LogP contribution in [-0.2, 0) is 0 Å². The van der Waals surface area contributed by atoms with E-state index in [4.69, 9.17) is 4.74 Å². The number of anilines is 1. The first-order valence-electron chi connectivity index (χ1n) is 5.89. The van der Waals surface area contributed by atoms with Crippen molar-refractivity contribution >= 4 is 5.69 Å². The minimum atomic E-state index is 0.252. The quantitative estimate of drug-likeness (QED) is 0.819. The molecule has 16 heavy (non-hydrogen) atoms. The summed E-state index contributed by atoms with van der Waals surface area (Å²) in [5.74, 6) is 0.977. The van der Waals surface area contributed by atoms with E-state index in [9.17, 15) is 0 Å². The van der Waals surface area contributed by atoms with Gasteiger partial charge >= 0.3 is 0 Å². The molecule has 0 amide bonds. The third kappa shape index (κ3) is 2.30. The van der Waals surface area contributed by atoms with Crippen LogP contribution in [0.5, 0.6) is 5.75 Å². The summed E-state index contributed by atoms with van der Waals surface area (Å²) in [7, 11) is 1.97. The number of benzene rings is 1. The van der Waals surface area contributed by atoms with E-state index in [1.54, 1.807) is 0 Å². The molecule has 2 rings (SSSR count). The van der Waals surface area contributed by atoms with Gasteiger partial charge in [0.2, 0.25) is 0 Å². The van der Waals surface area contributed by atoms with Gasteiger partial charge in [-0.2, -0.15) is 0 Å². The Bertz CT molecular complexity index is 365. The summed E-state index contributed by atoms with van der Waals surface area (Å²) in [5.41, 5.74) is 2.38. The Morgan fingerprint density at radius 3 is 3.00 bits per heavy atom. The van der Waals surface area contributed by atoms with E-state index in [1.807, 2.05) is 7.05 Å². The van der Waals surface area contributed by atoms with Crippen LogP contribution < -0.4 is 15.4 Å². The van der Waals surface area contributed by atoms with Crippen LogP contribution in [0.15, 0.2) is 18.2 Å². The Labute approximate surface area is 97.2 Å². The van der Waals surface area contributed by atoms with Crippen LogP contribution in [0.1, 0.15) is 18.9 Å². The highest BCUT2D eigenvalue weighted by Gasteiger charge is 2.25. The van der Waals surface area contributed by atoms with Crippen LogP contribution >= 0.6 is 0 Å². The summed E-state index contributed by atoms with van der Waals surface area (Å²) in [5, 5.41) is 6.67. The lowest BCUT2D eigenvalue weighted by Gasteiger charge is -2.33. The standard InChI is InChI=1S/C13H20N2O/c1-9-4-5-13-11(8-9)15-10(2)12(16-13)6-7-14-3/h4-5,8,10,12,14-15H,6-7H2,1-3H3. The fourth-order valence-electron chi connectivity index (χ4n) is 2.06. The minimum absolute atomic E-state index is 0.252. The first-order chi connectivity index (χ1) is 7.70. The smallest absolute Gasteiger partial charge is 0.142 e. The highest BCUT2D eigenvalue weighted by atomic mass is 16.5. The van der Waals surface area contributed by atoms with Crippen LogP contribution in [0.25, 0.3) is 0 Å². The lowest BCUT2D eigenvalue weighted by atomic mass is 10.1. The van der Waals surface area contributed by atoms with E-state index in [-0.39, 0.29) is 6.10 Å². The highest BCUT2D eigenvalue weighted by molar-refractivity contribution is 5.60. The Hall–Kier alpha value is -1.22. The number of hydrogen-bond donors (Lipinski definition) is 2. The molecule has 2 unspecified atom stereocenters. The molecule has 1 aliphatic rings. The van der Waals surface area contributed by atoms with Crippen molar-refractivity contribution in [1.82, 2.24) is 5.32 Å². The number of rotatable bonds is 3. The van der Waals surface area contributed by atoms with Crippen molar-refractivity contribution in [1.29, 1.82) is 0 Å². The van der Waals surface area contributed by atoms with Gasteiger partial charge in [-0.3, -0.25) is 0 Å². The van der Waals surface area contributed by atoms with Gasteiger partial charge in [-0.15, -0.1) is 0 Å². The predicted molar refractivity (Wildman–Crippen MR) is 67.2 cm³/mol. The van der Waals surface area contributed by atoms with Gasteiger partial charge in [0.05, 0.1) is 11.7 Å². The predicted octanol–water partition coefficient (Wildman–Crippen LogP) is 2.17. The Balaban J connectivity index is 2.12. The molecule has 0 saturated carbocycles. The van der Waals surface area contributed by atoms with Gasteiger partial charge < -0.3 is 15.4 Å². The van der Waals surface area contributed by atoms with E-state index >= 15 is 0 Å². The van der Waals surface area contributed by atoms with Crippen molar-refractivity contribution in [3.8, 4) is 5.75 Å². The van der Waals surface area contributed by atoms with Crippen molar-refractivity contribution in [3.63, 3.8) is 0 Å². The largest absolute Gasteiger partial charge is 0.486 e. The van der Waals surface area contributed by atoms with Crippen LogP contribution in [-0.4, -0.2) is 25.7 Å². The van der Waals surface area contributed by atoms with Gasteiger partial charge in [0.15, 0.2) is 0 Å². The van der Waals surface area contributed by atoms with Gasteiger partial charge in [-0.05, 0) is 51.6 Å². The summed E-state index contributed by atoms with van der Waals surface area (Å²) < 4.78 is 6.00. The second-order valence-electron chi connectivity index (χ2n) is 4.48. The Kier molecular flexibility index (Phi) is 3.34. The summed E-state index contributed by atoms with van der Waals surface area (Å²) >= 11 is 0. The average Bonchev–Trinajstić information content (AvgIpc) is 2.26. The minimum Gasteiger partial charge on any atom is -0.486 e. The molecule has 3 nitrogen and oxygen atoms in total. The van der Waals surface area contributed by atoms with E-state index in [1.165, 1.54) is 5.56 Å². The molecule has 1 aliphatic heterocycles. The van der Waals surface area contributed by atoms with Crippen molar-refractivity contribution in [2.24, 2.45) is 0 Å². The van der Waals surface area contributed by atoms with E-state index in [0.29, 0.717) is 6.04 Å². The first-order valence-corrected chi connectivity index (χ1v) is 5.89. The molecule has 0 aromatic heterocycles. The Morgan fingerprint density at radius 1 is 1.44 bits per heavy atom. The number of ether oxygens (including phenoxy) is 1. The van der Waals surface area contributed by atoms with Crippen LogP contribution in [0, 0.1) is 6.92 Å². The fourth-order valence-corrected chi connectivity index (χ4v) is 2.06. The molecule has 88 valence electrons. The van der Waals surface area contributed by atoms with Gasteiger partial charge in [0.1, 0.15) is 11.9 Å². The number of nitrogens with one attached hydrogen (secondary N) is 2. The maximum absolute atomic E-state index is 6.00. The summed E-state index contributed by atoms with van der Waals surface area (Å²) in [4.78, 5) is 0. The molecule has 3 heteroatoms. The number of aryl methyl sites for hydroxylation is 1. The molecule has 0 saturated heterocycles. The molecule has 0 radical (unpaired) electrons. The summed E-state index contributed by atoms with van der Waals surface area (Å²) in [6, 6.07) is 6.64.